The van der Waals surface area contributed by atoms with Crippen LogP contribution in [0.3, 0.4) is 0 Å². The number of ether oxygens (including phenoxy) is 1. The number of thioether (sulfide) groups is 1. The Hall–Kier alpha value is -0.540. The molecule has 3 heteroatoms. The van der Waals surface area contributed by atoms with Crippen molar-refractivity contribution in [3.63, 3.8) is 0 Å². The molecule has 1 aromatic heterocycles. The maximum atomic E-state index is 5.06. The lowest BCUT2D eigenvalue weighted by atomic mass is 10.2. The van der Waals surface area contributed by atoms with Gasteiger partial charge in [0.2, 0.25) is 0 Å². The standard InChI is InChI=1S/C12H19NOS/c1-10-5-4-7-13-12(10)9-15-11(2)6-8-14-3/h4-5,7,11H,6,8-9H2,1-3H3/t11-/m0/s1. The molecule has 0 amide bonds. The Morgan fingerprint density at radius 3 is 3.00 bits per heavy atom. The van der Waals surface area contributed by atoms with Gasteiger partial charge in [-0.05, 0) is 25.0 Å². The number of hydrogen-bond donors (Lipinski definition) is 0. The zero-order valence-electron chi connectivity index (χ0n) is 9.69. The highest BCUT2D eigenvalue weighted by Gasteiger charge is 2.04. The number of aryl methyl sites for hydroxylation is 1. The molecular weight excluding hydrogens is 206 g/mol. The SMILES string of the molecule is COCC[C@H](C)SCc1ncccc1C. The minimum Gasteiger partial charge on any atom is -0.385 e. The van der Waals surface area contributed by atoms with Crippen LogP contribution in [0.5, 0.6) is 0 Å². The molecule has 0 N–H and O–H groups in total. The Morgan fingerprint density at radius 1 is 1.53 bits per heavy atom. The molecule has 84 valence electrons. The van der Waals surface area contributed by atoms with E-state index in [9.17, 15) is 0 Å². The second-order valence-electron chi connectivity index (χ2n) is 3.67. The van der Waals surface area contributed by atoms with Gasteiger partial charge in [0.05, 0.1) is 5.69 Å². The Morgan fingerprint density at radius 2 is 2.33 bits per heavy atom. The van der Waals surface area contributed by atoms with Gasteiger partial charge < -0.3 is 4.74 Å². The first-order valence-electron chi connectivity index (χ1n) is 5.25. The molecular formula is C12H19NOS. The second kappa shape index (κ2) is 6.85. The summed E-state index contributed by atoms with van der Waals surface area (Å²) < 4.78 is 5.06. The third kappa shape index (κ3) is 4.67. The molecule has 1 aromatic rings. The molecule has 0 aliphatic carbocycles. The van der Waals surface area contributed by atoms with Gasteiger partial charge >= 0.3 is 0 Å². The first-order chi connectivity index (χ1) is 7.24. The highest BCUT2D eigenvalue weighted by Crippen LogP contribution is 2.20. The predicted molar refractivity (Wildman–Crippen MR) is 66.2 cm³/mol. The normalized spacial score (nSPS) is 12.7. The maximum Gasteiger partial charge on any atom is 0.0531 e. The molecule has 0 spiro atoms. The van der Waals surface area contributed by atoms with Crippen molar-refractivity contribution >= 4 is 11.8 Å². The molecule has 0 bridgehead atoms. The molecule has 0 fully saturated rings. The predicted octanol–water partition coefficient (Wildman–Crippen LogP) is 3.05. The van der Waals surface area contributed by atoms with E-state index < -0.39 is 0 Å². The molecule has 1 heterocycles. The summed E-state index contributed by atoms with van der Waals surface area (Å²) in [6, 6.07) is 4.10. The van der Waals surface area contributed by atoms with Gasteiger partial charge in [0.15, 0.2) is 0 Å². The minimum absolute atomic E-state index is 0.631. The average molecular weight is 225 g/mol. The largest absolute Gasteiger partial charge is 0.385 e. The molecule has 0 aliphatic rings. The number of aromatic nitrogens is 1. The third-order valence-corrected chi connectivity index (χ3v) is 3.60. The van der Waals surface area contributed by atoms with Crippen molar-refractivity contribution in [2.24, 2.45) is 0 Å². The smallest absolute Gasteiger partial charge is 0.0531 e. The van der Waals surface area contributed by atoms with Crippen LogP contribution in [0.1, 0.15) is 24.6 Å². The lowest BCUT2D eigenvalue weighted by molar-refractivity contribution is 0.195. The Bertz CT molecular complexity index is 291. The molecule has 0 aliphatic heterocycles. The lowest BCUT2D eigenvalue weighted by Crippen LogP contribution is -2.02. The summed E-state index contributed by atoms with van der Waals surface area (Å²) in [6.45, 7) is 5.19. The van der Waals surface area contributed by atoms with Crippen LogP contribution in [-0.4, -0.2) is 24.0 Å². The zero-order chi connectivity index (χ0) is 11.1. The van der Waals surface area contributed by atoms with Crippen molar-refractivity contribution in [1.82, 2.24) is 4.98 Å². The van der Waals surface area contributed by atoms with E-state index in [1.807, 2.05) is 24.0 Å². The van der Waals surface area contributed by atoms with Gasteiger partial charge in [-0.3, -0.25) is 4.98 Å². The van der Waals surface area contributed by atoms with E-state index in [4.69, 9.17) is 4.74 Å². The van der Waals surface area contributed by atoms with Crippen molar-refractivity contribution in [3.8, 4) is 0 Å². The molecule has 1 rings (SSSR count). The van der Waals surface area contributed by atoms with E-state index in [0.29, 0.717) is 5.25 Å². The Kier molecular flexibility index (Phi) is 5.73. The second-order valence-corrected chi connectivity index (χ2v) is 5.10. The molecule has 0 saturated heterocycles. The van der Waals surface area contributed by atoms with Gasteiger partial charge in [0.25, 0.3) is 0 Å². The lowest BCUT2D eigenvalue weighted by Gasteiger charge is -2.10. The summed E-state index contributed by atoms with van der Waals surface area (Å²) in [6.07, 6.45) is 2.97. The summed E-state index contributed by atoms with van der Waals surface area (Å²) >= 11 is 1.94. The first-order valence-corrected chi connectivity index (χ1v) is 6.30. The van der Waals surface area contributed by atoms with Crippen molar-refractivity contribution < 1.29 is 4.74 Å². The van der Waals surface area contributed by atoms with Gasteiger partial charge in [0, 0.05) is 30.9 Å². The fraction of sp³-hybridized carbons (Fsp3) is 0.583. The number of methoxy groups -OCH3 is 1. The molecule has 0 saturated carbocycles. The van der Waals surface area contributed by atoms with Crippen LogP contribution in [-0.2, 0) is 10.5 Å². The monoisotopic (exact) mass is 225 g/mol. The van der Waals surface area contributed by atoms with Crippen LogP contribution in [0.2, 0.25) is 0 Å². The highest BCUT2D eigenvalue weighted by atomic mass is 32.2. The van der Waals surface area contributed by atoms with E-state index in [0.717, 1.165) is 18.8 Å². The van der Waals surface area contributed by atoms with Crippen molar-refractivity contribution in [3.05, 3.63) is 29.6 Å². The number of rotatable bonds is 6. The number of pyridine rings is 1. The Balaban J connectivity index is 2.33. The summed E-state index contributed by atoms with van der Waals surface area (Å²) in [5.41, 5.74) is 2.48. The van der Waals surface area contributed by atoms with Gasteiger partial charge in [-0.25, -0.2) is 0 Å². The van der Waals surface area contributed by atoms with Crippen molar-refractivity contribution in [2.45, 2.75) is 31.3 Å². The quantitative estimate of drug-likeness (QED) is 0.743. The summed E-state index contributed by atoms with van der Waals surface area (Å²) in [7, 11) is 1.75. The van der Waals surface area contributed by atoms with Crippen LogP contribution >= 0.6 is 11.8 Å². The van der Waals surface area contributed by atoms with Crippen LogP contribution in [0.15, 0.2) is 18.3 Å². The molecule has 1 atom stereocenters. The maximum absolute atomic E-state index is 5.06. The zero-order valence-corrected chi connectivity index (χ0v) is 10.5. The van der Waals surface area contributed by atoms with Gasteiger partial charge in [-0.1, -0.05) is 13.0 Å². The van der Waals surface area contributed by atoms with Crippen LogP contribution in [0.4, 0.5) is 0 Å². The van der Waals surface area contributed by atoms with Crippen LogP contribution in [0.25, 0.3) is 0 Å². The molecule has 0 unspecified atom stereocenters. The van der Waals surface area contributed by atoms with Crippen LogP contribution in [0, 0.1) is 6.92 Å². The van der Waals surface area contributed by atoms with E-state index >= 15 is 0 Å². The summed E-state index contributed by atoms with van der Waals surface area (Å²) in [5, 5.41) is 0.631. The highest BCUT2D eigenvalue weighted by molar-refractivity contribution is 7.99. The van der Waals surface area contributed by atoms with Gasteiger partial charge in [-0.15, -0.1) is 0 Å². The third-order valence-electron chi connectivity index (χ3n) is 2.35. The van der Waals surface area contributed by atoms with E-state index in [1.54, 1.807) is 7.11 Å². The van der Waals surface area contributed by atoms with E-state index in [1.165, 1.54) is 11.3 Å². The van der Waals surface area contributed by atoms with Gasteiger partial charge in [-0.2, -0.15) is 11.8 Å². The first kappa shape index (κ1) is 12.5. The minimum atomic E-state index is 0.631. The van der Waals surface area contributed by atoms with Crippen molar-refractivity contribution in [1.29, 1.82) is 0 Å². The summed E-state index contributed by atoms with van der Waals surface area (Å²) in [4.78, 5) is 4.38. The topological polar surface area (TPSA) is 22.1 Å². The molecule has 0 aromatic carbocycles. The van der Waals surface area contributed by atoms with Crippen molar-refractivity contribution in [2.75, 3.05) is 13.7 Å². The Labute approximate surface area is 96.4 Å². The fourth-order valence-electron chi connectivity index (χ4n) is 1.26. The van der Waals surface area contributed by atoms with Crippen LogP contribution < -0.4 is 0 Å². The van der Waals surface area contributed by atoms with Gasteiger partial charge in [0.1, 0.15) is 0 Å². The fourth-order valence-corrected chi connectivity index (χ4v) is 2.27. The van der Waals surface area contributed by atoms with E-state index in [-0.39, 0.29) is 0 Å². The molecule has 2 nitrogen and oxygen atoms in total. The number of nitrogens with zero attached hydrogens (tertiary/aromatic N) is 1. The number of hydrogen-bond acceptors (Lipinski definition) is 3. The molecule has 0 radical (unpaired) electrons. The average Bonchev–Trinajstić information content (AvgIpc) is 2.25. The molecule has 15 heavy (non-hydrogen) atoms. The summed E-state index contributed by atoms with van der Waals surface area (Å²) in [5.74, 6) is 0.998. The van der Waals surface area contributed by atoms with E-state index in [2.05, 4.69) is 24.9 Å².